The molecule has 0 saturated heterocycles. The molecule has 0 spiro atoms. The minimum Gasteiger partial charge on any atom is -0.482 e. The van der Waals surface area contributed by atoms with Crippen LogP contribution in [0.25, 0.3) is 23.1 Å². The highest BCUT2D eigenvalue weighted by molar-refractivity contribution is 6.00. The van der Waals surface area contributed by atoms with Gasteiger partial charge in [0, 0.05) is 6.07 Å². The predicted octanol–water partition coefficient (Wildman–Crippen LogP) is 4.47. The van der Waals surface area contributed by atoms with E-state index >= 15 is 0 Å². The minimum atomic E-state index is -0.434. The molecule has 4 heteroatoms. The SMILES string of the molecule is Cc1cc(=O)oc2c3c(c4c(c12)OC(C)(C)C=C4)OC(C)(C)C=C3. The molecule has 0 bridgehead atoms. The van der Waals surface area contributed by atoms with Crippen LogP contribution in [0.4, 0.5) is 0 Å². The fourth-order valence-electron chi connectivity index (χ4n) is 3.25. The summed E-state index contributed by atoms with van der Waals surface area (Å²) in [5.74, 6) is 1.41. The van der Waals surface area contributed by atoms with E-state index in [-0.39, 0.29) is 5.63 Å². The monoisotopic (exact) mass is 324 g/mol. The van der Waals surface area contributed by atoms with Gasteiger partial charge in [-0.3, -0.25) is 0 Å². The lowest BCUT2D eigenvalue weighted by molar-refractivity contribution is 0.147. The number of hydrogen-bond donors (Lipinski definition) is 0. The van der Waals surface area contributed by atoms with Gasteiger partial charge in [-0.1, -0.05) is 0 Å². The first kappa shape index (κ1) is 15.1. The van der Waals surface area contributed by atoms with E-state index in [0.717, 1.165) is 22.1 Å². The highest BCUT2D eigenvalue weighted by atomic mass is 16.5. The zero-order chi connectivity index (χ0) is 17.3. The molecule has 0 N–H and O–H groups in total. The molecule has 2 aromatic rings. The molecule has 0 fully saturated rings. The Hall–Kier alpha value is -2.49. The molecule has 24 heavy (non-hydrogen) atoms. The lowest BCUT2D eigenvalue weighted by Gasteiger charge is -2.34. The maximum absolute atomic E-state index is 11.9. The first-order valence-corrected chi connectivity index (χ1v) is 8.08. The van der Waals surface area contributed by atoms with Gasteiger partial charge in [-0.2, -0.15) is 0 Å². The van der Waals surface area contributed by atoms with Gasteiger partial charge in [0.25, 0.3) is 0 Å². The van der Waals surface area contributed by atoms with Crippen LogP contribution in [0.1, 0.15) is 44.4 Å². The average molecular weight is 324 g/mol. The smallest absolute Gasteiger partial charge is 0.336 e. The highest BCUT2D eigenvalue weighted by Crippen LogP contribution is 2.49. The Bertz CT molecular complexity index is 987. The van der Waals surface area contributed by atoms with Crippen molar-refractivity contribution in [1.29, 1.82) is 0 Å². The summed E-state index contributed by atoms with van der Waals surface area (Å²) < 4.78 is 18.0. The Kier molecular flexibility index (Phi) is 2.84. The third kappa shape index (κ3) is 2.17. The molecule has 4 nitrogen and oxygen atoms in total. The molecule has 2 aliphatic heterocycles. The zero-order valence-corrected chi connectivity index (χ0v) is 14.5. The summed E-state index contributed by atoms with van der Waals surface area (Å²) in [6, 6.07) is 1.50. The van der Waals surface area contributed by atoms with Crippen molar-refractivity contribution in [3.8, 4) is 11.5 Å². The summed E-state index contributed by atoms with van der Waals surface area (Å²) in [6.07, 6.45) is 8.00. The minimum absolute atomic E-state index is 0.369. The van der Waals surface area contributed by atoms with Crippen LogP contribution < -0.4 is 15.1 Å². The predicted molar refractivity (Wildman–Crippen MR) is 94.7 cm³/mol. The molecule has 0 atom stereocenters. The Balaban J connectivity index is 2.18. The first-order valence-electron chi connectivity index (χ1n) is 8.08. The third-order valence-corrected chi connectivity index (χ3v) is 4.40. The van der Waals surface area contributed by atoms with Crippen LogP contribution >= 0.6 is 0 Å². The summed E-state index contributed by atoms with van der Waals surface area (Å²) in [4.78, 5) is 11.9. The maximum atomic E-state index is 11.9. The summed E-state index contributed by atoms with van der Waals surface area (Å²) in [7, 11) is 0. The van der Waals surface area contributed by atoms with Gasteiger partial charge in [-0.05, 0) is 64.5 Å². The maximum Gasteiger partial charge on any atom is 0.336 e. The van der Waals surface area contributed by atoms with Crippen molar-refractivity contribution in [2.75, 3.05) is 0 Å². The third-order valence-electron chi connectivity index (χ3n) is 4.40. The van der Waals surface area contributed by atoms with Gasteiger partial charge < -0.3 is 13.9 Å². The molecule has 0 unspecified atom stereocenters. The molecular weight excluding hydrogens is 304 g/mol. The van der Waals surface area contributed by atoms with Crippen molar-refractivity contribution in [2.24, 2.45) is 0 Å². The van der Waals surface area contributed by atoms with E-state index in [1.54, 1.807) is 0 Å². The van der Waals surface area contributed by atoms with Gasteiger partial charge in [-0.25, -0.2) is 4.79 Å². The second-order valence-electron chi connectivity index (χ2n) is 7.52. The van der Waals surface area contributed by atoms with Crippen LogP contribution in [-0.2, 0) is 0 Å². The van der Waals surface area contributed by atoms with Gasteiger partial charge in [-0.15, -0.1) is 0 Å². The molecule has 4 rings (SSSR count). The van der Waals surface area contributed by atoms with Gasteiger partial charge in [0.2, 0.25) is 0 Å². The Morgan fingerprint density at radius 1 is 0.875 bits per heavy atom. The average Bonchev–Trinajstić information content (AvgIpc) is 2.44. The molecule has 124 valence electrons. The van der Waals surface area contributed by atoms with Crippen molar-refractivity contribution in [3.63, 3.8) is 0 Å². The molecule has 2 aliphatic rings. The van der Waals surface area contributed by atoms with Crippen molar-refractivity contribution < 1.29 is 13.9 Å². The van der Waals surface area contributed by atoms with Crippen LogP contribution in [0.2, 0.25) is 0 Å². The van der Waals surface area contributed by atoms with Crippen LogP contribution in [-0.4, -0.2) is 11.2 Å². The van der Waals surface area contributed by atoms with E-state index < -0.39 is 11.2 Å². The molecular formula is C20H20O4. The largest absolute Gasteiger partial charge is 0.482 e. The molecule has 1 aromatic carbocycles. The van der Waals surface area contributed by atoms with E-state index in [4.69, 9.17) is 13.9 Å². The lowest BCUT2D eigenvalue weighted by atomic mass is 9.92. The van der Waals surface area contributed by atoms with Gasteiger partial charge >= 0.3 is 5.63 Å². The van der Waals surface area contributed by atoms with E-state index in [1.165, 1.54) is 6.07 Å². The van der Waals surface area contributed by atoms with E-state index in [9.17, 15) is 4.79 Å². The second-order valence-corrected chi connectivity index (χ2v) is 7.52. The topological polar surface area (TPSA) is 48.7 Å². The van der Waals surface area contributed by atoms with E-state index in [2.05, 4.69) is 0 Å². The van der Waals surface area contributed by atoms with Gasteiger partial charge in [0.15, 0.2) is 5.58 Å². The summed E-state index contributed by atoms with van der Waals surface area (Å²) in [6.45, 7) is 9.88. The quantitative estimate of drug-likeness (QED) is 0.671. The summed E-state index contributed by atoms with van der Waals surface area (Å²) in [5.41, 5.74) is 1.81. The van der Waals surface area contributed by atoms with Crippen LogP contribution in [0.5, 0.6) is 11.5 Å². The zero-order valence-electron chi connectivity index (χ0n) is 14.5. The fraction of sp³-hybridized carbons (Fsp3) is 0.350. The van der Waals surface area contributed by atoms with Crippen molar-refractivity contribution >= 4 is 23.1 Å². The number of ether oxygens (including phenoxy) is 2. The van der Waals surface area contributed by atoms with Crippen molar-refractivity contribution in [1.82, 2.24) is 0 Å². The van der Waals surface area contributed by atoms with E-state index in [0.29, 0.717) is 17.1 Å². The van der Waals surface area contributed by atoms with Crippen LogP contribution in [0.15, 0.2) is 27.4 Å². The molecule has 0 amide bonds. The fourth-order valence-corrected chi connectivity index (χ4v) is 3.25. The highest BCUT2D eigenvalue weighted by Gasteiger charge is 2.33. The van der Waals surface area contributed by atoms with Crippen LogP contribution in [0, 0.1) is 6.92 Å². The molecule has 0 radical (unpaired) electrons. The van der Waals surface area contributed by atoms with Gasteiger partial charge in [0.05, 0.1) is 16.5 Å². The molecule has 1 aromatic heterocycles. The van der Waals surface area contributed by atoms with Crippen LogP contribution in [0.3, 0.4) is 0 Å². The summed E-state index contributed by atoms with van der Waals surface area (Å²) in [5, 5.41) is 0.828. The number of fused-ring (bicyclic) bond motifs is 6. The number of benzene rings is 1. The standard InChI is InChI=1S/C20H20O4/c1-11-10-14(21)22-17-12-6-8-19(2,3)23-16(12)13-7-9-20(4,5)24-18(13)15(11)17/h6-10H,1-5H3. The van der Waals surface area contributed by atoms with Gasteiger partial charge in [0.1, 0.15) is 22.7 Å². The Morgan fingerprint density at radius 3 is 2.12 bits per heavy atom. The number of aryl methyl sites for hydroxylation is 1. The number of hydrogen-bond acceptors (Lipinski definition) is 4. The first-order chi connectivity index (χ1) is 11.2. The Labute approximate surface area is 140 Å². The normalized spacial score (nSPS) is 19.4. The summed E-state index contributed by atoms with van der Waals surface area (Å²) >= 11 is 0. The molecule has 0 aliphatic carbocycles. The molecule has 0 saturated carbocycles. The Morgan fingerprint density at radius 2 is 1.46 bits per heavy atom. The second kappa shape index (κ2) is 4.53. The van der Waals surface area contributed by atoms with Crippen molar-refractivity contribution in [2.45, 2.75) is 45.8 Å². The number of rotatable bonds is 0. The lowest BCUT2D eigenvalue weighted by Crippen LogP contribution is -2.31. The van der Waals surface area contributed by atoms with E-state index in [1.807, 2.05) is 58.9 Å². The van der Waals surface area contributed by atoms with Crippen molar-refractivity contribution in [3.05, 3.63) is 45.3 Å². The molecule has 3 heterocycles.